The number of aryl methyl sites for hydroxylation is 2. The summed E-state index contributed by atoms with van der Waals surface area (Å²) in [5, 5.41) is 6.74. The molecule has 0 aromatic carbocycles. The summed E-state index contributed by atoms with van der Waals surface area (Å²) in [5.41, 5.74) is 2.13. The number of carbonyl (C=O) groups excluding carboxylic acids is 1. The van der Waals surface area contributed by atoms with Crippen molar-refractivity contribution in [2.45, 2.75) is 26.8 Å². The maximum absolute atomic E-state index is 12.1. The first kappa shape index (κ1) is 24.2. The maximum Gasteiger partial charge on any atom is 0.227 e. The van der Waals surface area contributed by atoms with E-state index in [9.17, 15) is 4.79 Å². The van der Waals surface area contributed by atoms with Crippen LogP contribution in [0.2, 0.25) is 5.02 Å². The predicted molar refractivity (Wildman–Crippen MR) is 126 cm³/mol. The number of carbonyl (C=O) groups is 1. The number of guanidine groups is 1. The highest BCUT2D eigenvalue weighted by atomic mass is 127. The van der Waals surface area contributed by atoms with Crippen LogP contribution in [0.15, 0.2) is 35.6 Å². The van der Waals surface area contributed by atoms with Crippen molar-refractivity contribution in [2.24, 2.45) is 12.0 Å². The average molecular weight is 519 g/mol. The molecular weight excluding hydrogens is 491 g/mol. The number of aliphatic imine (C=N–C) groups is 1. The number of halogens is 2. The monoisotopic (exact) mass is 518 g/mol. The summed E-state index contributed by atoms with van der Waals surface area (Å²) in [6, 6.07) is 5.64. The summed E-state index contributed by atoms with van der Waals surface area (Å²) < 4.78 is 1.99. The number of aromatic nitrogens is 2. The Hall–Kier alpha value is -1.81. The van der Waals surface area contributed by atoms with Gasteiger partial charge in [-0.05, 0) is 31.5 Å². The van der Waals surface area contributed by atoms with Gasteiger partial charge < -0.3 is 20.1 Å². The fraction of sp³-hybridized carbons (Fsp3) is 0.421. The van der Waals surface area contributed by atoms with Crippen LogP contribution in [0.1, 0.15) is 24.6 Å². The predicted octanol–water partition coefficient (Wildman–Crippen LogP) is 3.43. The minimum absolute atomic E-state index is 0. The molecule has 2 aromatic heterocycles. The lowest BCUT2D eigenvalue weighted by Gasteiger charge is -2.22. The summed E-state index contributed by atoms with van der Waals surface area (Å²) in [7, 11) is 3.92. The summed E-state index contributed by atoms with van der Waals surface area (Å²) >= 11 is 6.05. The van der Waals surface area contributed by atoms with Crippen molar-refractivity contribution in [1.82, 2.24) is 19.8 Å². The lowest BCUT2D eigenvalue weighted by Crippen LogP contribution is -2.39. The molecule has 1 amide bonds. The third-order valence-corrected chi connectivity index (χ3v) is 4.16. The highest BCUT2D eigenvalue weighted by Gasteiger charge is 2.10. The van der Waals surface area contributed by atoms with Crippen molar-refractivity contribution in [3.05, 3.63) is 46.9 Å². The van der Waals surface area contributed by atoms with Crippen LogP contribution in [0.25, 0.3) is 0 Å². The Labute approximate surface area is 188 Å². The van der Waals surface area contributed by atoms with Crippen molar-refractivity contribution < 1.29 is 4.79 Å². The topological polar surface area (TPSA) is 74.5 Å². The van der Waals surface area contributed by atoms with Gasteiger partial charge in [-0.15, -0.1) is 24.0 Å². The van der Waals surface area contributed by atoms with Crippen molar-refractivity contribution >= 4 is 53.3 Å². The summed E-state index contributed by atoms with van der Waals surface area (Å²) in [6.07, 6.45) is 3.88. The van der Waals surface area contributed by atoms with Crippen LogP contribution in [0.5, 0.6) is 0 Å². The average Bonchev–Trinajstić information content (AvgIpc) is 2.93. The van der Waals surface area contributed by atoms with Gasteiger partial charge in [-0.2, -0.15) is 0 Å². The van der Waals surface area contributed by atoms with E-state index in [-0.39, 0.29) is 36.3 Å². The Bertz CT molecular complexity index is 790. The Morgan fingerprint density at radius 1 is 1.39 bits per heavy atom. The molecule has 0 unspecified atom stereocenters. The number of pyridine rings is 1. The Morgan fingerprint density at radius 2 is 2.14 bits per heavy atom. The molecule has 0 aliphatic carbocycles. The summed E-state index contributed by atoms with van der Waals surface area (Å²) in [4.78, 5) is 22.8. The molecule has 0 bridgehead atoms. The molecule has 0 aliphatic rings. The van der Waals surface area contributed by atoms with Crippen molar-refractivity contribution in [3.63, 3.8) is 0 Å². The van der Waals surface area contributed by atoms with E-state index in [0.717, 1.165) is 23.8 Å². The van der Waals surface area contributed by atoms with Crippen LogP contribution in [0.4, 0.5) is 5.82 Å². The van der Waals surface area contributed by atoms with Gasteiger partial charge in [0, 0.05) is 45.1 Å². The highest BCUT2D eigenvalue weighted by Crippen LogP contribution is 2.14. The molecule has 0 saturated carbocycles. The summed E-state index contributed by atoms with van der Waals surface area (Å²) in [5.74, 6) is 1.19. The van der Waals surface area contributed by atoms with Gasteiger partial charge in [0.25, 0.3) is 0 Å². The van der Waals surface area contributed by atoms with E-state index in [4.69, 9.17) is 11.6 Å². The van der Waals surface area contributed by atoms with Crippen LogP contribution in [0, 0.1) is 6.92 Å². The first-order valence-corrected chi connectivity index (χ1v) is 9.29. The molecule has 2 heterocycles. The Kier molecular flexibility index (Phi) is 10.3. The zero-order chi connectivity index (χ0) is 19.8. The molecule has 0 atom stereocenters. The SMILES string of the molecule is CCNC(=NCCC(=O)Nc1ccc(C)cn1)N(C)Cc1cc(Cl)cn1C.I. The lowest BCUT2D eigenvalue weighted by atomic mass is 10.3. The Morgan fingerprint density at radius 3 is 2.71 bits per heavy atom. The fourth-order valence-corrected chi connectivity index (χ4v) is 2.79. The minimum Gasteiger partial charge on any atom is -0.357 e. The van der Waals surface area contributed by atoms with E-state index >= 15 is 0 Å². The van der Waals surface area contributed by atoms with Gasteiger partial charge in [0.2, 0.25) is 5.91 Å². The largest absolute Gasteiger partial charge is 0.357 e. The van der Waals surface area contributed by atoms with Gasteiger partial charge in [0.05, 0.1) is 18.1 Å². The molecule has 0 spiro atoms. The van der Waals surface area contributed by atoms with E-state index < -0.39 is 0 Å². The van der Waals surface area contributed by atoms with Gasteiger partial charge in [-0.3, -0.25) is 9.79 Å². The number of rotatable bonds is 7. The second kappa shape index (κ2) is 11.9. The number of hydrogen-bond donors (Lipinski definition) is 2. The number of amides is 1. The third kappa shape index (κ3) is 7.67. The molecule has 7 nitrogen and oxygen atoms in total. The second-order valence-corrected chi connectivity index (χ2v) is 6.81. The summed E-state index contributed by atoms with van der Waals surface area (Å²) in [6.45, 7) is 5.76. The first-order valence-electron chi connectivity index (χ1n) is 8.91. The molecule has 2 N–H and O–H groups in total. The van der Waals surface area contributed by atoms with Gasteiger partial charge in [0.15, 0.2) is 5.96 Å². The lowest BCUT2D eigenvalue weighted by molar-refractivity contribution is -0.116. The minimum atomic E-state index is -0.108. The molecular formula is C19H28ClIN6O. The van der Waals surface area contributed by atoms with Crippen molar-refractivity contribution in [2.75, 3.05) is 25.5 Å². The van der Waals surface area contributed by atoms with Gasteiger partial charge in [-0.25, -0.2) is 4.98 Å². The molecule has 154 valence electrons. The molecule has 9 heteroatoms. The molecule has 0 radical (unpaired) electrons. The quantitative estimate of drug-likeness (QED) is 0.335. The van der Waals surface area contributed by atoms with Crippen molar-refractivity contribution in [3.8, 4) is 0 Å². The highest BCUT2D eigenvalue weighted by molar-refractivity contribution is 14.0. The Balaban J connectivity index is 0.00000392. The number of anilines is 1. The van der Waals surface area contributed by atoms with Crippen LogP contribution >= 0.6 is 35.6 Å². The zero-order valence-electron chi connectivity index (χ0n) is 16.7. The molecule has 2 rings (SSSR count). The van der Waals surface area contributed by atoms with Crippen LogP contribution in [-0.4, -0.2) is 46.5 Å². The number of nitrogens with one attached hydrogen (secondary N) is 2. The fourth-order valence-electron chi connectivity index (χ4n) is 2.52. The number of nitrogens with zero attached hydrogens (tertiary/aromatic N) is 4. The molecule has 2 aromatic rings. The first-order chi connectivity index (χ1) is 12.9. The smallest absolute Gasteiger partial charge is 0.227 e. The van der Waals surface area contributed by atoms with E-state index in [2.05, 4.69) is 20.6 Å². The van der Waals surface area contributed by atoms with E-state index in [1.165, 1.54) is 0 Å². The van der Waals surface area contributed by atoms with E-state index in [1.807, 2.05) is 55.7 Å². The molecule has 28 heavy (non-hydrogen) atoms. The number of hydrogen-bond acceptors (Lipinski definition) is 3. The van der Waals surface area contributed by atoms with Crippen molar-refractivity contribution in [1.29, 1.82) is 0 Å². The standard InChI is InChI=1S/C19H27ClN6O.HI/c1-5-21-19(26(4)13-16-10-15(20)12-25(16)3)22-9-8-18(27)24-17-7-6-14(2)11-23-17;/h6-7,10-12H,5,8-9,13H2,1-4H3,(H,21,22)(H,23,24,27);1H. The molecule has 0 aliphatic heterocycles. The van der Waals surface area contributed by atoms with E-state index in [1.54, 1.807) is 12.3 Å². The second-order valence-electron chi connectivity index (χ2n) is 6.37. The van der Waals surface area contributed by atoms with Gasteiger partial charge in [0.1, 0.15) is 5.82 Å². The zero-order valence-corrected chi connectivity index (χ0v) is 19.8. The van der Waals surface area contributed by atoms with Crippen LogP contribution < -0.4 is 10.6 Å². The van der Waals surface area contributed by atoms with E-state index in [0.29, 0.717) is 23.9 Å². The normalized spacial score (nSPS) is 11.0. The van der Waals surface area contributed by atoms with Gasteiger partial charge >= 0.3 is 0 Å². The van der Waals surface area contributed by atoms with Crippen LogP contribution in [-0.2, 0) is 18.4 Å². The van der Waals surface area contributed by atoms with Gasteiger partial charge in [-0.1, -0.05) is 17.7 Å². The molecule has 0 saturated heterocycles. The third-order valence-electron chi connectivity index (χ3n) is 3.95. The molecule has 0 fully saturated rings. The maximum atomic E-state index is 12.1. The van der Waals surface area contributed by atoms with Crippen LogP contribution in [0.3, 0.4) is 0 Å².